The average molecular weight is 329 g/mol. The van der Waals surface area contributed by atoms with Crippen LogP contribution < -0.4 is 5.32 Å². The monoisotopic (exact) mass is 328 g/mol. The van der Waals surface area contributed by atoms with Crippen molar-refractivity contribution in [1.82, 2.24) is 10.2 Å². The van der Waals surface area contributed by atoms with Gasteiger partial charge in [-0.2, -0.15) is 0 Å². The summed E-state index contributed by atoms with van der Waals surface area (Å²) in [5.41, 5.74) is 0. The highest BCUT2D eigenvalue weighted by atomic mass is 79.9. The van der Waals surface area contributed by atoms with Gasteiger partial charge in [0.25, 0.3) is 0 Å². The highest BCUT2D eigenvalue weighted by Crippen LogP contribution is 2.29. The maximum Gasteiger partial charge on any atom is 0.0701 e. The maximum atomic E-state index is 3.70. The van der Waals surface area contributed by atoms with E-state index in [2.05, 4.69) is 38.3 Å². The molecule has 4 heteroatoms. The first-order valence-electron chi connectivity index (χ1n) is 7.04. The molecule has 3 heterocycles. The van der Waals surface area contributed by atoms with E-state index in [9.17, 15) is 0 Å². The van der Waals surface area contributed by atoms with Crippen molar-refractivity contribution in [2.75, 3.05) is 13.1 Å². The molecule has 1 aromatic rings. The molecule has 0 aromatic carbocycles. The fourth-order valence-electron chi connectivity index (χ4n) is 3.35. The zero-order valence-corrected chi connectivity index (χ0v) is 13.1. The van der Waals surface area contributed by atoms with Gasteiger partial charge < -0.3 is 5.32 Å². The van der Waals surface area contributed by atoms with E-state index in [1.165, 1.54) is 53.9 Å². The van der Waals surface area contributed by atoms with Crippen molar-refractivity contribution >= 4 is 27.3 Å². The molecule has 0 spiro atoms. The summed E-state index contributed by atoms with van der Waals surface area (Å²) in [5, 5.41) is 3.70. The van der Waals surface area contributed by atoms with E-state index in [4.69, 9.17) is 0 Å². The van der Waals surface area contributed by atoms with Gasteiger partial charge in [-0.3, -0.25) is 4.90 Å². The maximum absolute atomic E-state index is 3.70. The fourth-order valence-corrected chi connectivity index (χ4v) is 4.85. The Labute approximate surface area is 122 Å². The van der Waals surface area contributed by atoms with Crippen LogP contribution in [0.4, 0.5) is 0 Å². The van der Waals surface area contributed by atoms with Crippen LogP contribution in [-0.4, -0.2) is 30.1 Å². The van der Waals surface area contributed by atoms with Crippen LogP contribution in [0.25, 0.3) is 0 Å². The predicted octanol–water partition coefficient (Wildman–Crippen LogP) is 3.62. The number of nitrogens with one attached hydrogen (secondary N) is 1. The minimum Gasteiger partial charge on any atom is -0.312 e. The lowest BCUT2D eigenvalue weighted by molar-refractivity contribution is 0.113. The summed E-state index contributed by atoms with van der Waals surface area (Å²) in [4.78, 5) is 4.21. The van der Waals surface area contributed by atoms with Gasteiger partial charge in [0.05, 0.1) is 3.79 Å². The van der Waals surface area contributed by atoms with E-state index < -0.39 is 0 Å². The van der Waals surface area contributed by atoms with Crippen molar-refractivity contribution in [3.8, 4) is 0 Å². The standard InChI is InChI=1S/C14H21BrN2S/c15-14-7-6-11(18-14)10-17-9-2-1-5-13(17)12-4-3-8-16-12/h6-7,12-13,16H,1-5,8-10H2. The molecule has 0 bridgehead atoms. The van der Waals surface area contributed by atoms with Crippen molar-refractivity contribution < 1.29 is 0 Å². The second-order valence-electron chi connectivity index (χ2n) is 5.44. The molecular weight excluding hydrogens is 308 g/mol. The van der Waals surface area contributed by atoms with Gasteiger partial charge in [-0.05, 0) is 66.8 Å². The summed E-state index contributed by atoms with van der Waals surface area (Å²) in [7, 11) is 0. The summed E-state index contributed by atoms with van der Waals surface area (Å²) in [5.74, 6) is 0. The Kier molecular flexibility index (Phi) is 4.39. The molecule has 0 aliphatic carbocycles. The van der Waals surface area contributed by atoms with Gasteiger partial charge in [-0.25, -0.2) is 0 Å². The number of piperidine rings is 1. The molecule has 2 nitrogen and oxygen atoms in total. The molecule has 0 radical (unpaired) electrons. The van der Waals surface area contributed by atoms with Crippen molar-refractivity contribution in [1.29, 1.82) is 0 Å². The lowest BCUT2D eigenvalue weighted by Crippen LogP contribution is -2.49. The fraction of sp³-hybridized carbons (Fsp3) is 0.714. The molecule has 2 aliphatic rings. The van der Waals surface area contributed by atoms with Crippen LogP contribution in [0.5, 0.6) is 0 Å². The normalized spacial score (nSPS) is 29.8. The van der Waals surface area contributed by atoms with Gasteiger partial charge in [0.15, 0.2) is 0 Å². The summed E-state index contributed by atoms with van der Waals surface area (Å²) in [6.45, 7) is 3.64. The molecule has 2 aliphatic heterocycles. The van der Waals surface area contributed by atoms with Gasteiger partial charge >= 0.3 is 0 Å². The third-order valence-corrected chi connectivity index (χ3v) is 5.82. The molecule has 2 atom stereocenters. The number of thiophene rings is 1. The minimum atomic E-state index is 0.744. The third kappa shape index (κ3) is 2.98. The third-order valence-electron chi connectivity index (χ3n) is 4.21. The predicted molar refractivity (Wildman–Crippen MR) is 81.1 cm³/mol. The van der Waals surface area contributed by atoms with Gasteiger partial charge in [0.2, 0.25) is 0 Å². The van der Waals surface area contributed by atoms with E-state index in [1.807, 2.05) is 11.3 Å². The first-order chi connectivity index (χ1) is 8.83. The van der Waals surface area contributed by atoms with Gasteiger partial charge in [0.1, 0.15) is 0 Å². The quantitative estimate of drug-likeness (QED) is 0.911. The topological polar surface area (TPSA) is 15.3 Å². The smallest absolute Gasteiger partial charge is 0.0701 e. The highest BCUT2D eigenvalue weighted by molar-refractivity contribution is 9.11. The average Bonchev–Trinajstić information content (AvgIpc) is 3.02. The van der Waals surface area contributed by atoms with Gasteiger partial charge in [-0.1, -0.05) is 6.42 Å². The van der Waals surface area contributed by atoms with Crippen LogP contribution in [0.1, 0.15) is 37.0 Å². The second-order valence-corrected chi connectivity index (χ2v) is 7.99. The number of nitrogens with zero attached hydrogens (tertiary/aromatic N) is 1. The van der Waals surface area contributed by atoms with Crippen LogP contribution in [0.2, 0.25) is 0 Å². The zero-order valence-electron chi connectivity index (χ0n) is 10.7. The van der Waals surface area contributed by atoms with Crippen molar-refractivity contribution in [3.05, 3.63) is 20.8 Å². The van der Waals surface area contributed by atoms with Gasteiger partial charge in [0, 0.05) is 23.5 Å². The molecule has 1 N–H and O–H groups in total. The molecule has 0 amide bonds. The zero-order chi connectivity index (χ0) is 12.4. The SMILES string of the molecule is Brc1ccc(CN2CCCCC2C2CCCN2)s1. The summed E-state index contributed by atoms with van der Waals surface area (Å²) in [6.07, 6.45) is 6.89. The van der Waals surface area contributed by atoms with Gasteiger partial charge in [-0.15, -0.1) is 11.3 Å². The molecule has 100 valence electrons. The van der Waals surface area contributed by atoms with E-state index in [1.54, 1.807) is 0 Å². The van der Waals surface area contributed by atoms with Crippen LogP contribution >= 0.6 is 27.3 Å². The number of likely N-dealkylation sites (tertiary alicyclic amines) is 1. The number of hydrogen-bond acceptors (Lipinski definition) is 3. The second kappa shape index (κ2) is 6.04. The first-order valence-corrected chi connectivity index (χ1v) is 8.65. The first kappa shape index (κ1) is 13.1. The highest BCUT2D eigenvalue weighted by Gasteiger charge is 2.31. The summed E-state index contributed by atoms with van der Waals surface area (Å²) >= 11 is 5.45. The Morgan fingerprint density at radius 1 is 1.28 bits per heavy atom. The lowest BCUT2D eigenvalue weighted by atomic mass is 9.94. The molecule has 18 heavy (non-hydrogen) atoms. The van der Waals surface area contributed by atoms with Crippen molar-refractivity contribution in [3.63, 3.8) is 0 Å². The Bertz CT molecular complexity index is 387. The van der Waals surface area contributed by atoms with Crippen LogP contribution in [-0.2, 0) is 6.54 Å². The molecule has 0 saturated carbocycles. The van der Waals surface area contributed by atoms with Crippen molar-refractivity contribution in [2.45, 2.75) is 50.7 Å². The van der Waals surface area contributed by atoms with Crippen molar-refractivity contribution in [2.24, 2.45) is 0 Å². The van der Waals surface area contributed by atoms with Crippen LogP contribution in [0, 0.1) is 0 Å². The number of hydrogen-bond donors (Lipinski definition) is 1. The molecule has 3 rings (SSSR count). The lowest BCUT2D eigenvalue weighted by Gasteiger charge is -2.39. The Morgan fingerprint density at radius 3 is 2.94 bits per heavy atom. The van der Waals surface area contributed by atoms with Crippen LogP contribution in [0.15, 0.2) is 15.9 Å². The minimum absolute atomic E-state index is 0.744. The largest absolute Gasteiger partial charge is 0.312 e. The van der Waals surface area contributed by atoms with E-state index >= 15 is 0 Å². The van der Waals surface area contributed by atoms with E-state index in [0.29, 0.717) is 0 Å². The molecule has 2 unspecified atom stereocenters. The molecule has 2 saturated heterocycles. The molecule has 1 aromatic heterocycles. The summed E-state index contributed by atoms with van der Waals surface area (Å²) < 4.78 is 1.25. The summed E-state index contributed by atoms with van der Waals surface area (Å²) in [6, 6.07) is 5.95. The van der Waals surface area contributed by atoms with Crippen LogP contribution in [0.3, 0.4) is 0 Å². The Balaban J connectivity index is 1.67. The molecular formula is C14H21BrN2S. The number of halogens is 1. The Morgan fingerprint density at radius 2 is 2.22 bits per heavy atom. The Hall–Kier alpha value is 0.1000. The number of rotatable bonds is 3. The van der Waals surface area contributed by atoms with E-state index in [0.717, 1.165) is 18.6 Å². The molecule has 2 fully saturated rings. The van der Waals surface area contributed by atoms with E-state index in [-0.39, 0.29) is 0 Å².